The first-order valence-electron chi connectivity index (χ1n) is 7.85. The van der Waals surface area contributed by atoms with Gasteiger partial charge in [0.2, 0.25) is 0 Å². The number of aliphatic hydroxyl groups is 1. The summed E-state index contributed by atoms with van der Waals surface area (Å²) >= 11 is 0. The molecule has 3 aliphatic carbocycles. The van der Waals surface area contributed by atoms with Gasteiger partial charge in [-0.1, -0.05) is 13.8 Å². The molecule has 1 atom stereocenters. The van der Waals surface area contributed by atoms with Gasteiger partial charge in [0.15, 0.2) is 0 Å². The zero-order valence-corrected chi connectivity index (χ0v) is 12.2. The molecule has 0 amide bonds. The van der Waals surface area contributed by atoms with E-state index in [9.17, 15) is 5.11 Å². The average molecular weight is 259 g/mol. The number of aliphatic hydroxyl groups excluding tert-OH is 1. The van der Waals surface area contributed by atoms with Crippen LogP contribution >= 0.6 is 0 Å². The highest BCUT2D eigenvalue weighted by molar-refractivity contribution is 5.29. The minimum Gasteiger partial charge on any atom is -0.388 e. The fraction of sp³-hybridized carbons (Fsp3) is 0.765. The molecule has 1 unspecified atom stereocenters. The number of hydrogen-bond donors (Lipinski definition) is 1. The molecule has 2 fully saturated rings. The monoisotopic (exact) mass is 259 g/mol. The molecule has 1 heterocycles. The first-order chi connectivity index (χ1) is 8.99. The van der Waals surface area contributed by atoms with Crippen molar-refractivity contribution in [1.29, 1.82) is 0 Å². The first kappa shape index (κ1) is 12.0. The molecule has 0 saturated heterocycles. The summed E-state index contributed by atoms with van der Waals surface area (Å²) < 4.78 is 2.48. The highest BCUT2D eigenvalue weighted by atomic mass is 16.3. The van der Waals surface area contributed by atoms with Crippen LogP contribution in [0, 0.1) is 16.7 Å². The topological polar surface area (TPSA) is 25.2 Å². The Morgan fingerprint density at radius 3 is 2.68 bits per heavy atom. The molecular weight excluding hydrogens is 234 g/mol. The van der Waals surface area contributed by atoms with Crippen LogP contribution in [0.2, 0.25) is 0 Å². The lowest BCUT2D eigenvalue weighted by Gasteiger charge is -2.34. The number of hydrogen-bond acceptors (Lipinski definition) is 1. The predicted octanol–water partition coefficient (Wildman–Crippen LogP) is 3.68. The van der Waals surface area contributed by atoms with Gasteiger partial charge in [0, 0.05) is 24.0 Å². The van der Waals surface area contributed by atoms with E-state index in [1.165, 1.54) is 43.5 Å². The van der Waals surface area contributed by atoms with E-state index in [1.54, 1.807) is 0 Å². The summed E-state index contributed by atoms with van der Waals surface area (Å²) in [6.07, 6.45) is 9.77. The molecule has 4 rings (SSSR count). The molecule has 1 aromatic rings. The molecule has 19 heavy (non-hydrogen) atoms. The normalized spacial score (nSPS) is 31.0. The van der Waals surface area contributed by atoms with Gasteiger partial charge in [-0.05, 0) is 61.3 Å². The molecule has 104 valence electrons. The van der Waals surface area contributed by atoms with E-state index in [-0.39, 0.29) is 11.5 Å². The van der Waals surface area contributed by atoms with Crippen LogP contribution in [0.1, 0.15) is 63.3 Å². The molecule has 0 spiro atoms. The quantitative estimate of drug-likeness (QED) is 0.880. The second kappa shape index (κ2) is 3.66. The van der Waals surface area contributed by atoms with Crippen molar-refractivity contribution in [1.82, 2.24) is 4.57 Å². The third-order valence-corrected chi connectivity index (χ3v) is 5.69. The zero-order valence-electron chi connectivity index (χ0n) is 12.2. The van der Waals surface area contributed by atoms with E-state index in [0.29, 0.717) is 5.41 Å². The van der Waals surface area contributed by atoms with Gasteiger partial charge in [0.1, 0.15) is 0 Å². The Bertz CT molecular complexity index is 505. The van der Waals surface area contributed by atoms with Crippen molar-refractivity contribution in [2.24, 2.45) is 16.7 Å². The summed E-state index contributed by atoms with van der Waals surface area (Å²) in [6.45, 7) is 5.77. The maximum Gasteiger partial charge on any atom is 0.0812 e. The van der Waals surface area contributed by atoms with Crippen LogP contribution in [0.5, 0.6) is 0 Å². The van der Waals surface area contributed by atoms with E-state index in [1.807, 2.05) is 0 Å². The van der Waals surface area contributed by atoms with Crippen LogP contribution in [-0.4, -0.2) is 9.67 Å². The van der Waals surface area contributed by atoms with Crippen molar-refractivity contribution < 1.29 is 5.11 Å². The Morgan fingerprint density at radius 2 is 2.05 bits per heavy atom. The molecule has 0 radical (unpaired) electrons. The Kier molecular flexibility index (Phi) is 2.32. The van der Waals surface area contributed by atoms with Gasteiger partial charge in [0.25, 0.3) is 0 Å². The number of fused-ring (bicyclic) bond motifs is 1. The maximum absolute atomic E-state index is 10.3. The van der Waals surface area contributed by atoms with Crippen LogP contribution in [0.4, 0.5) is 0 Å². The highest BCUT2D eigenvalue weighted by Gasteiger charge is 2.54. The van der Waals surface area contributed by atoms with Crippen molar-refractivity contribution in [3.8, 4) is 0 Å². The summed E-state index contributed by atoms with van der Waals surface area (Å²) in [5, 5.41) is 10.3. The van der Waals surface area contributed by atoms with Crippen molar-refractivity contribution in [2.45, 2.75) is 65.0 Å². The van der Waals surface area contributed by atoms with Crippen LogP contribution < -0.4 is 0 Å². The van der Waals surface area contributed by atoms with E-state index in [4.69, 9.17) is 0 Å². The second-order valence-electron chi connectivity index (χ2n) is 8.04. The third kappa shape index (κ3) is 1.96. The summed E-state index contributed by atoms with van der Waals surface area (Å²) in [7, 11) is 0. The SMILES string of the molecule is CC1(C)Cc2c(ccn2CC2(C3CC3)CC2)C(O)C1. The average Bonchev–Trinajstić information content (AvgIpc) is 3.19. The third-order valence-electron chi connectivity index (χ3n) is 5.69. The standard InChI is InChI=1S/C17H25NO/c1-16(2)9-14-13(15(19)10-16)5-8-18(14)11-17(6-7-17)12-3-4-12/h5,8,12,15,19H,3-4,6-7,9-11H2,1-2H3. The molecule has 0 aromatic carbocycles. The largest absolute Gasteiger partial charge is 0.388 e. The van der Waals surface area contributed by atoms with E-state index < -0.39 is 0 Å². The van der Waals surface area contributed by atoms with Crippen LogP contribution in [0.15, 0.2) is 12.3 Å². The molecular formula is C17H25NO. The van der Waals surface area contributed by atoms with Gasteiger partial charge in [-0.15, -0.1) is 0 Å². The molecule has 2 heteroatoms. The van der Waals surface area contributed by atoms with Gasteiger partial charge in [-0.2, -0.15) is 0 Å². The fourth-order valence-corrected chi connectivity index (χ4v) is 4.23. The Hall–Kier alpha value is -0.760. The fourth-order valence-electron chi connectivity index (χ4n) is 4.23. The Balaban J connectivity index is 1.64. The van der Waals surface area contributed by atoms with E-state index in [2.05, 4.69) is 30.7 Å². The van der Waals surface area contributed by atoms with Gasteiger partial charge < -0.3 is 9.67 Å². The van der Waals surface area contributed by atoms with Crippen molar-refractivity contribution in [2.75, 3.05) is 0 Å². The maximum atomic E-state index is 10.3. The lowest BCUT2D eigenvalue weighted by molar-refractivity contribution is 0.0974. The lowest BCUT2D eigenvalue weighted by atomic mass is 9.75. The number of aromatic nitrogens is 1. The first-order valence-corrected chi connectivity index (χ1v) is 7.85. The second-order valence-corrected chi connectivity index (χ2v) is 8.04. The smallest absolute Gasteiger partial charge is 0.0812 e. The van der Waals surface area contributed by atoms with Crippen molar-refractivity contribution in [3.05, 3.63) is 23.5 Å². The van der Waals surface area contributed by atoms with Gasteiger partial charge >= 0.3 is 0 Å². The summed E-state index contributed by atoms with van der Waals surface area (Å²) in [4.78, 5) is 0. The molecule has 0 aliphatic heterocycles. The Labute approximate surface area is 115 Å². The Morgan fingerprint density at radius 1 is 1.32 bits per heavy atom. The minimum absolute atomic E-state index is 0.235. The lowest BCUT2D eigenvalue weighted by Crippen LogP contribution is -2.27. The van der Waals surface area contributed by atoms with Crippen LogP contribution in [0.3, 0.4) is 0 Å². The minimum atomic E-state index is -0.254. The highest BCUT2D eigenvalue weighted by Crippen LogP contribution is 2.62. The molecule has 1 N–H and O–H groups in total. The van der Waals surface area contributed by atoms with E-state index in [0.717, 1.165) is 18.8 Å². The summed E-state index contributed by atoms with van der Waals surface area (Å²) in [5.41, 5.74) is 3.49. The number of rotatable bonds is 3. The van der Waals surface area contributed by atoms with Crippen LogP contribution in [-0.2, 0) is 13.0 Å². The molecule has 2 saturated carbocycles. The molecule has 1 aromatic heterocycles. The molecule has 3 aliphatic rings. The van der Waals surface area contributed by atoms with E-state index >= 15 is 0 Å². The number of nitrogens with zero attached hydrogens (tertiary/aromatic N) is 1. The van der Waals surface area contributed by atoms with Gasteiger partial charge in [-0.25, -0.2) is 0 Å². The predicted molar refractivity (Wildman–Crippen MR) is 75.9 cm³/mol. The van der Waals surface area contributed by atoms with Crippen LogP contribution in [0.25, 0.3) is 0 Å². The van der Waals surface area contributed by atoms with Crippen molar-refractivity contribution >= 4 is 0 Å². The van der Waals surface area contributed by atoms with Gasteiger partial charge in [-0.3, -0.25) is 0 Å². The summed E-state index contributed by atoms with van der Waals surface area (Å²) in [5.74, 6) is 1.01. The zero-order chi connectivity index (χ0) is 13.3. The molecule has 2 nitrogen and oxygen atoms in total. The van der Waals surface area contributed by atoms with Crippen molar-refractivity contribution in [3.63, 3.8) is 0 Å². The summed E-state index contributed by atoms with van der Waals surface area (Å²) in [6, 6.07) is 2.16. The molecule has 0 bridgehead atoms. The van der Waals surface area contributed by atoms with Gasteiger partial charge in [0.05, 0.1) is 6.10 Å².